The molecule has 0 saturated heterocycles. The van der Waals surface area contributed by atoms with Crippen LogP contribution < -0.4 is 14.2 Å². The van der Waals surface area contributed by atoms with Crippen molar-refractivity contribution in [3.8, 4) is 34.1 Å². The lowest BCUT2D eigenvalue weighted by Crippen LogP contribution is -2.33. The molecule has 3 nitrogen and oxygen atoms in total. The van der Waals surface area contributed by atoms with Crippen molar-refractivity contribution in [2.75, 3.05) is 13.2 Å². The van der Waals surface area contributed by atoms with Crippen LogP contribution in [0.15, 0.2) is 84.9 Å². The van der Waals surface area contributed by atoms with Gasteiger partial charge in [-0.15, -0.1) is 0 Å². The van der Waals surface area contributed by atoms with Gasteiger partial charge in [-0.2, -0.15) is 0 Å². The molecule has 1 aliphatic heterocycles. The smallest absolute Gasteiger partial charge is 0.169 e. The highest BCUT2D eigenvalue weighted by molar-refractivity contribution is 5.89. The van der Waals surface area contributed by atoms with E-state index in [0.717, 1.165) is 53.4 Å². The minimum absolute atomic E-state index is 0.558. The maximum Gasteiger partial charge on any atom is 0.169 e. The summed E-state index contributed by atoms with van der Waals surface area (Å²) in [5.41, 5.74) is 6.72. The lowest BCUT2D eigenvalue weighted by atomic mass is 9.65. The van der Waals surface area contributed by atoms with Crippen molar-refractivity contribution >= 4 is 0 Å². The lowest BCUT2D eigenvalue weighted by Gasteiger charge is -2.40. The van der Waals surface area contributed by atoms with Crippen LogP contribution in [0.25, 0.3) is 11.1 Å². The fraction of sp³-hybridized carbons (Fsp3) is 0.351. The molecular weight excluding hydrogens is 492 g/mol. The molecule has 0 amide bonds. The van der Waals surface area contributed by atoms with Crippen molar-refractivity contribution in [2.45, 2.75) is 70.6 Å². The molecule has 40 heavy (non-hydrogen) atoms. The number of fused-ring (bicyclic) bond motifs is 9. The summed E-state index contributed by atoms with van der Waals surface area (Å²) in [6.45, 7) is 5.82. The molecule has 206 valence electrons. The first-order valence-corrected chi connectivity index (χ1v) is 15.2. The molecule has 0 unspecified atom stereocenters. The molecule has 1 aliphatic carbocycles. The normalized spacial score (nSPS) is 13.7. The molecule has 4 aromatic rings. The first kappa shape index (κ1) is 26.5. The Hall–Kier alpha value is -3.72. The van der Waals surface area contributed by atoms with Crippen LogP contribution in [0.1, 0.15) is 87.5 Å². The van der Waals surface area contributed by atoms with Gasteiger partial charge in [-0.25, -0.2) is 0 Å². The van der Waals surface area contributed by atoms with Gasteiger partial charge in [0.15, 0.2) is 11.5 Å². The summed E-state index contributed by atoms with van der Waals surface area (Å²) in [7, 11) is 0. The van der Waals surface area contributed by atoms with E-state index < -0.39 is 5.41 Å². The van der Waals surface area contributed by atoms with Crippen LogP contribution in [0.3, 0.4) is 0 Å². The average Bonchev–Trinajstić information content (AvgIpc) is 3.28. The van der Waals surface area contributed by atoms with E-state index in [1.807, 2.05) is 0 Å². The molecule has 4 aromatic carbocycles. The summed E-state index contributed by atoms with van der Waals surface area (Å²) in [6.07, 6.45) is 9.26. The third-order valence-corrected chi connectivity index (χ3v) is 8.42. The molecule has 1 spiro atoms. The molecule has 2 aliphatic rings. The molecule has 0 N–H and O–H groups in total. The fourth-order valence-electron chi connectivity index (χ4n) is 6.57. The van der Waals surface area contributed by atoms with Gasteiger partial charge in [0.2, 0.25) is 0 Å². The lowest BCUT2D eigenvalue weighted by molar-refractivity contribution is 0.252. The van der Waals surface area contributed by atoms with Crippen LogP contribution in [-0.4, -0.2) is 13.2 Å². The monoisotopic (exact) mass is 532 g/mol. The molecule has 0 bridgehead atoms. The van der Waals surface area contributed by atoms with E-state index in [1.165, 1.54) is 54.4 Å². The van der Waals surface area contributed by atoms with Crippen LogP contribution in [0, 0.1) is 0 Å². The van der Waals surface area contributed by atoms with Gasteiger partial charge in [0.25, 0.3) is 0 Å². The standard InChI is InChI=1S/C37H40O3/c1-3-5-7-15-25-38-34-24-23-33-35(36(34)39-26-16-8-6-4-2)37(31-21-13-14-22-32(31)40-33)29-19-11-9-17-27(29)28-18-10-12-20-30(28)37/h9-14,17-24H,3-8,15-16,25-26H2,1-2H3. The summed E-state index contributed by atoms with van der Waals surface area (Å²) in [4.78, 5) is 0. The van der Waals surface area contributed by atoms with Gasteiger partial charge in [0, 0.05) is 5.56 Å². The number of unbranched alkanes of at least 4 members (excludes halogenated alkanes) is 6. The molecule has 0 atom stereocenters. The van der Waals surface area contributed by atoms with Crippen molar-refractivity contribution < 1.29 is 14.2 Å². The zero-order valence-corrected chi connectivity index (χ0v) is 23.9. The highest BCUT2D eigenvalue weighted by Crippen LogP contribution is 2.64. The Balaban J connectivity index is 1.56. The Morgan fingerprint density at radius 3 is 1.77 bits per heavy atom. The minimum Gasteiger partial charge on any atom is -0.490 e. The quantitative estimate of drug-likeness (QED) is 0.147. The number of benzene rings is 4. The van der Waals surface area contributed by atoms with Crippen LogP contribution in [-0.2, 0) is 5.41 Å². The van der Waals surface area contributed by atoms with Gasteiger partial charge in [0.1, 0.15) is 11.5 Å². The Morgan fingerprint density at radius 1 is 0.550 bits per heavy atom. The van der Waals surface area contributed by atoms with E-state index in [0.29, 0.717) is 13.2 Å². The molecule has 3 heteroatoms. The molecule has 1 heterocycles. The van der Waals surface area contributed by atoms with Crippen LogP contribution >= 0.6 is 0 Å². The SMILES string of the molecule is CCCCCCOc1ccc2c(c1OCCCCCC)C1(c3ccccc3O2)c2ccccc2-c2ccccc21. The van der Waals surface area contributed by atoms with E-state index in [-0.39, 0.29) is 0 Å². The van der Waals surface area contributed by atoms with Gasteiger partial charge < -0.3 is 14.2 Å². The number of hydrogen-bond donors (Lipinski definition) is 0. The average molecular weight is 533 g/mol. The number of ether oxygens (including phenoxy) is 3. The zero-order valence-electron chi connectivity index (χ0n) is 23.9. The van der Waals surface area contributed by atoms with E-state index >= 15 is 0 Å². The summed E-state index contributed by atoms with van der Waals surface area (Å²) >= 11 is 0. The molecular formula is C37H40O3. The van der Waals surface area contributed by atoms with Crippen molar-refractivity contribution in [2.24, 2.45) is 0 Å². The van der Waals surface area contributed by atoms with Gasteiger partial charge in [-0.3, -0.25) is 0 Å². The Morgan fingerprint density at radius 2 is 1.12 bits per heavy atom. The topological polar surface area (TPSA) is 27.7 Å². The van der Waals surface area contributed by atoms with Crippen molar-refractivity contribution in [3.63, 3.8) is 0 Å². The summed E-state index contributed by atoms with van der Waals surface area (Å²) in [5, 5.41) is 0. The van der Waals surface area contributed by atoms with E-state index in [1.54, 1.807) is 0 Å². The highest BCUT2D eigenvalue weighted by Gasteiger charge is 2.53. The van der Waals surface area contributed by atoms with Gasteiger partial charge in [-0.05, 0) is 53.3 Å². The zero-order chi connectivity index (χ0) is 27.4. The van der Waals surface area contributed by atoms with Gasteiger partial charge in [-0.1, -0.05) is 119 Å². The van der Waals surface area contributed by atoms with Gasteiger partial charge >= 0.3 is 0 Å². The third kappa shape index (κ3) is 4.46. The van der Waals surface area contributed by atoms with E-state index in [9.17, 15) is 0 Å². The molecule has 0 aromatic heterocycles. The number of para-hydroxylation sites is 1. The summed E-state index contributed by atoms with van der Waals surface area (Å²) in [6, 6.07) is 30.3. The number of hydrogen-bond acceptors (Lipinski definition) is 3. The fourth-order valence-corrected chi connectivity index (χ4v) is 6.57. The van der Waals surface area contributed by atoms with E-state index in [2.05, 4.69) is 98.8 Å². The second-order valence-electron chi connectivity index (χ2n) is 11.0. The summed E-state index contributed by atoms with van der Waals surface area (Å²) in [5.74, 6) is 3.37. The Kier molecular flexibility index (Phi) is 7.82. The Bertz CT molecular complexity index is 1420. The second-order valence-corrected chi connectivity index (χ2v) is 11.0. The third-order valence-electron chi connectivity index (χ3n) is 8.42. The molecule has 0 fully saturated rings. The predicted molar refractivity (Wildman–Crippen MR) is 163 cm³/mol. The molecule has 0 radical (unpaired) electrons. The van der Waals surface area contributed by atoms with Crippen LogP contribution in [0.2, 0.25) is 0 Å². The highest BCUT2D eigenvalue weighted by atomic mass is 16.5. The van der Waals surface area contributed by atoms with Crippen LogP contribution in [0.5, 0.6) is 23.0 Å². The minimum atomic E-state index is -0.558. The Labute approximate surface area is 239 Å². The maximum atomic E-state index is 6.79. The molecule has 6 rings (SSSR count). The maximum absolute atomic E-state index is 6.79. The van der Waals surface area contributed by atoms with Crippen molar-refractivity contribution in [1.29, 1.82) is 0 Å². The van der Waals surface area contributed by atoms with E-state index in [4.69, 9.17) is 14.2 Å². The predicted octanol–water partition coefficient (Wildman–Crippen LogP) is 10.1. The first-order valence-electron chi connectivity index (χ1n) is 15.2. The van der Waals surface area contributed by atoms with Gasteiger partial charge in [0.05, 0.1) is 24.2 Å². The van der Waals surface area contributed by atoms with Crippen molar-refractivity contribution in [1.82, 2.24) is 0 Å². The van der Waals surface area contributed by atoms with Crippen molar-refractivity contribution in [3.05, 3.63) is 107 Å². The largest absolute Gasteiger partial charge is 0.490 e. The molecule has 0 saturated carbocycles. The summed E-state index contributed by atoms with van der Waals surface area (Å²) < 4.78 is 20.0. The second kappa shape index (κ2) is 11.8. The van der Waals surface area contributed by atoms with Crippen LogP contribution in [0.4, 0.5) is 0 Å². The number of rotatable bonds is 12. The first-order chi connectivity index (χ1) is 19.8.